The van der Waals surface area contributed by atoms with Gasteiger partial charge in [0.2, 0.25) is 0 Å². The molecule has 0 radical (unpaired) electrons. The van der Waals surface area contributed by atoms with Gasteiger partial charge in [0.05, 0.1) is 0 Å². The molecule has 0 aliphatic rings. The van der Waals surface area contributed by atoms with E-state index in [1.54, 1.807) is 0 Å². The third-order valence-electron chi connectivity index (χ3n) is 1.50. The second-order valence-corrected chi connectivity index (χ2v) is 3.28. The van der Waals surface area contributed by atoms with E-state index in [9.17, 15) is 0 Å². The highest BCUT2D eigenvalue weighted by Crippen LogP contribution is 1.99. The lowest BCUT2D eigenvalue weighted by atomic mass is 10.2. The minimum Gasteiger partial charge on any atom is -0.129 e. The third-order valence-corrected chi connectivity index (χ3v) is 1.50. The van der Waals surface area contributed by atoms with E-state index in [1.165, 1.54) is 25.7 Å². The van der Waals surface area contributed by atoms with Gasteiger partial charge in [-0.25, -0.2) is 0 Å². The largest absolute Gasteiger partial charge is 0.129 e. The molecule has 0 aromatic carbocycles. The SMILES string of the molecule is CCCCCC=C=CC(C)C. The van der Waals surface area contributed by atoms with Gasteiger partial charge >= 0.3 is 0 Å². The van der Waals surface area contributed by atoms with Crippen LogP contribution < -0.4 is 0 Å². The van der Waals surface area contributed by atoms with Crippen LogP contribution in [0, 0.1) is 5.92 Å². The molecule has 0 aliphatic carbocycles. The predicted octanol–water partition coefficient (Wildman–Crippen LogP) is 3.93. The summed E-state index contributed by atoms with van der Waals surface area (Å²) in [4.78, 5) is 0. The van der Waals surface area contributed by atoms with Crippen LogP contribution in [0.5, 0.6) is 0 Å². The van der Waals surface area contributed by atoms with Gasteiger partial charge in [-0.05, 0) is 30.9 Å². The minimum absolute atomic E-state index is 0.637. The molecule has 0 unspecified atom stereocenters. The molecule has 0 atom stereocenters. The van der Waals surface area contributed by atoms with Crippen molar-refractivity contribution in [2.45, 2.75) is 46.5 Å². The van der Waals surface area contributed by atoms with Crippen molar-refractivity contribution in [3.63, 3.8) is 0 Å². The van der Waals surface area contributed by atoms with E-state index in [-0.39, 0.29) is 0 Å². The molecule has 0 aromatic rings. The Morgan fingerprint density at radius 2 is 2.00 bits per heavy atom. The lowest BCUT2D eigenvalue weighted by molar-refractivity contribution is 0.729. The molecule has 0 bridgehead atoms. The monoisotopic (exact) mass is 152 g/mol. The summed E-state index contributed by atoms with van der Waals surface area (Å²) in [6.07, 6.45) is 9.43. The first kappa shape index (κ1) is 10.5. The third kappa shape index (κ3) is 9.52. The van der Waals surface area contributed by atoms with Crippen molar-refractivity contribution in [3.8, 4) is 0 Å². The molecule has 0 saturated carbocycles. The van der Waals surface area contributed by atoms with Crippen molar-refractivity contribution in [1.82, 2.24) is 0 Å². The molecule has 0 N–H and O–H groups in total. The lowest BCUT2D eigenvalue weighted by Gasteiger charge is -1.89. The zero-order valence-electron chi connectivity index (χ0n) is 8.06. The molecule has 0 fully saturated rings. The summed E-state index contributed by atoms with van der Waals surface area (Å²) in [5, 5.41) is 0. The molecule has 0 spiro atoms. The summed E-state index contributed by atoms with van der Waals surface area (Å²) in [6.45, 7) is 6.58. The molecule has 0 heteroatoms. The standard InChI is InChI=1S/C11H20/c1-4-5-6-7-8-9-10-11(2)3/h8,10-11H,4-7H2,1-3H3. The zero-order valence-corrected chi connectivity index (χ0v) is 8.06. The zero-order chi connectivity index (χ0) is 8.53. The summed E-state index contributed by atoms with van der Waals surface area (Å²) < 4.78 is 0. The number of unbranched alkanes of at least 4 members (excludes halogenated alkanes) is 3. The Kier molecular flexibility index (Phi) is 7.29. The van der Waals surface area contributed by atoms with Crippen LogP contribution in [0.3, 0.4) is 0 Å². The molecule has 0 rings (SSSR count). The van der Waals surface area contributed by atoms with Gasteiger partial charge in [0, 0.05) is 0 Å². The van der Waals surface area contributed by atoms with Crippen molar-refractivity contribution in [3.05, 3.63) is 17.9 Å². The van der Waals surface area contributed by atoms with E-state index in [0.717, 1.165) is 0 Å². The van der Waals surface area contributed by atoms with Gasteiger partial charge in [-0.15, -0.1) is 5.73 Å². The van der Waals surface area contributed by atoms with Gasteiger partial charge in [-0.3, -0.25) is 0 Å². The average Bonchev–Trinajstić information content (AvgIpc) is 1.96. The van der Waals surface area contributed by atoms with Crippen LogP contribution in [-0.2, 0) is 0 Å². The van der Waals surface area contributed by atoms with Crippen LogP contribution in [0.2, 0.25) is 0 Å². The minimum atomic E-state index is 0.637. The maximum absolute atomic E-state index is 3.19. The Labute approximate surface area is 71.0 Å². The summed E-state index contributed by atoms with van der Waals surface area (Å²) in [7, 11) is 0. The number of allylic oxidation sites excluding steroid dienone is 1. The van der Waals surface area contributed by atoms with Crippen LogP contribution in [0.1, 0.15) is 46.5 Å². The normalized spacial score (nSPS) is 9.45. The highest BCUT2D eigenvalue weighted by Gasteiger charge is 1.81. The highest BCUT2D eigenvalue weighted by atomic mass is 13.9. The highest BCUT2D eigenvalue weighted by molar-refractivity contribution is 4.86. The molecular formula is C11H20. The lowest BCUT2D eigenvalue weighted by Crippen LogP contribution is -1.74. The molecule has 0 heterocycles. The van der Waals surface area contributed by atoms with Gasteiger partial charge < -0.3 is 0 Å². The van der Waals surface area contributed by atoms with Gasteiger partial charge in [0.25, 0.3) is 0 Å². The van der Waals surface area contributed by atoms with E-state index in [1.807, 2.05) is 0 Å². The van der Waals surface area contributed by atoms with Crippen LogP contribution in [-0.4, -0.2) is 0 Å². The van der Waals surface area contributed by atoms with E-state index in [2.05, 4.69) is 38.7 Å². The molecule has 11 heavy (non-hydrogen) atoms. The summed E-state index contributed by atoms with van der Waals surface area (Å²) >= 11 is 0. The first-order valence-electron chi connectivity index (χ1n) is 4.68. The van der Waals surface area contributed by atoms with Crippen molar-refractivity contribution in [2.24, 2.45) is 5.92 Å². The van der Waals surface area contributed by atoms with Gasteiger partial charge in [0.15, 0.2) is 0 Å². The predicted molar refractivity (Wildman–Crippen MR) is 51.6 cm³/mol. The number of hydrogen-bond donors (Lipinski definition) is 0. The molecule has 0 aliphatic heterocycles. The van der Waals surface area contributed by atoms with Crippen LogP contribution in [0.15, 0.2) is 17.9 Å². The van der Waals surface area contributed by atoms with E-state index < -0.39 is 0 Å². The number of rotatable bonds is 5. The van der Waals surface area contributed by atoms with E-state index >= 15 is 0 Å². The first-order chi connectivity index (χ1) is 5.27. The molecule has 0 saturated heterocycles. The van der Waals surface area contributed by atoms with E-state index in [4.69, 9.17) is 0 Å². The summed E-state index contributed by atoms with van der Waals surface area (Å²) in [5.74, 6) is 0.637. The second kappa shape index (κ2) is 7.63. The Morgan fingerprint density at radius 1 is 1.27 bits per heavy atom. The fourth-order valence-electron chi connectivity index (χ4n) is 0.840. The van der Waals surface area contributed by atoms with Gasteiger partial charge in [-0.1, -0.05) is 33.6 Å². The number of hydrogen-bond acceptors (Lipinski definition) is 0. The fourth-order valence-corrected chi connectivity index (χ4v) is 0.840. The molecular weight excluding hydrogens is 132 g/mol. The fraction of sp³-hybridized carbons (Fsp3) is 0.727. The van der Waals surface area contributed by atoms with Crippen molar-refractivity contribution >= 4 is 0 Å². The van der Waals surface area contributed by atoms with Crippen molar-refractivity contribution in [2.75, 3.05) is 0 Å². The Balaban J connectivity index is 3.29. The Bertz CT molecular complexity index is 125. The smallest absolute Gasteiger partial charge is 0.0214 e. The van der Waals surface area contributed by atoms with Crippen LogP contribution >= 0.6 is 0 Å². The Morgan fingerprint density at radius 3 is 2.55 bits per heavy atom. The van der Waals surface area contributed by atoms with Crippen molar-refractivity contribution in [1.29, 1.82) is 0 Å². The van der Waals surface area contributed by atoms with Gasteiger partial charge in [-0.2, -0.15) is 0 Å². The van der Waals surface area contributed by atoms with Crippen LogP contribution in [0.25, 0.3) is 0 Å². The van der Waals surface area contributed by atoms with Crippen molar-refractivity contribution < 1.29 is 0 Å². The second-order valence-electron chi connectivity index (χ2n) is 3.28. The maximum atomic E-state index is 3.19. The van der Waals surface area contributed by atoms with E-state index in [0.29, 0.717) is 5.92 Å². The van der Waals surface area contributed by atoms with Crippen LogP contribution in [0.4, 0.5) is 0 Å². The molecule has 0 nitrogen and oxygen atoms in total. The molecule has 0 amide bonds. The molecule has 0 aromatic heterocycles. The first-order valence-corrected chi connectivity index (χ1v) is 4.68. The summed E-state index contributed by atoms with van der Waals surface area (Å²) in [6, 6.07) is 0. The average molecular weight is 152 g/mol. The van der Waals surface area contributed by atoms with Gasteiger partial charge in [0.1, 0.15) is 0 Å². The topological polar surface area (TPSA) is 0 Å². The molecule has 64 valence electrons. The Hall–Kier alpha value is -0.480. The maximum Gasteiger partial charge on any atom is -0.0214 e. The quantitative estimate of drug-likeness (QED) is 0.413. The summed E-state index contributed by atoms with van der Waals surface area (Å²) in [5.41, 5.74) is 3.19.